The highest BCUT2D eigenvalue weighted by atomic mass is 35.5. The molecule has 19 heavy (non-hydrogen) atoms. The monoisotopic (exact) mass is 277 g/mol. The topological polar surface area (TPSA) is 26.0 Å². The van der Waals surface area contributed by atoms with Crippen molar-refractivity contribution < 1.29 is 4.39 Å². The van der Waals surface area contributed by atoms with E-state index in [9.17, 15) is 4.39 Å². The van der Waals surface area contributed by atoms with Crippen molar-refractivity contribution in [2.24, 2.45) is 5.73 Å². The van der Waals surface area contributed by atoms with E-state index in [1.54, 1.807) is 12.1 Å². The number of rotatable bonds is 3. The second-order valence-electron chi connectivity index (χ2n) is 4.85. The molecule has 2 rings (SSSR count). The first kappa shape index (κ1) is 14.0. The normalized spacial score (nSPS) is 12.5. The van der Waals surface area contributed by atoms with Crippen LogP contribution in [-0.4, -0.2) is 0 Å². The molecular weight excluding hydrogens is 261 g/mol. The van der Waals surface area contributed by atoms with Crippen LogP contribution in [0, 0.1) is 19.7 Å². The molecule has 100 valence electrons. The van der Waals surface area contributed by atoms with Gasteiger partial charge in [-0.05, 0) is 49.1 Å². The van der Waals surface area contributed by atoms with Gasteiger partial charge in [0.25, 0.3) is 0 Å². The minimum atomic E-state index is -0.364. The molecule has 0 heterocycles. The van der Waals surface area contributed by atoms with E-state index in [1.165, 1.54) is 22.8 Å². The van der Waals surface area contributed by atoms with Crippen LogP contribution in [0.4, 0.5) is 4.39 Å². The number of benzene rings is 2. The van der Waals surface area contributed by atoms with Crippen molar-refractivity contribution in [1.82, 2.24) is 0 Å². The van der Waals surface area contributed by atoms with Crippen molar-refractivity contribution in [2.45, 2.75) is 26.3 Å². The predicted octanol–water partition coefficient (Wildman–Crippen LogP) is 4.34. The molecule has 0 aliphatic carbocycles. The smallest absolute Gasteiger partial charge is 0.129 e. The van der Waals surface area contributed by atoms with Gasteiger partial charge in [-0.3, -0.25) is 0 Å². The molecule has 0 amide bonds. The van der Waals surface area contributed by atoms with Gasteiger partial charge >= 0.3 is 0 Å². The summed E-state index contributed by atoms with van der Waals surface area (Å²) in [5.41, 5.74) is 10.2. The molecule has 2 N–H and O–H groups in total. The quantitative estimate of drug-likeness (QED) is 0.887. The minimum Gasteiger partial charge on any atom is -0.324 e. The van der Waals surface area contributed by atoms with E-state index in [-0.39, 0.29) is 11.9 Å². The highest BCUT2D eigenvalue weighted by Gasteiger charge is 2.14. The molecule has 0 bridgehead atoms. The van der Waals surface area contributed by atoms with E-state index in [0.717, 1.165) is 0 Å². The van der Waals surface area contributed by atoms with Crippen LogP contribution >= 0.6 is 11.6 Å². The van der Waals surface area contributed by atoms with E-state index < -0.39 is 0 Å². The van der Waals surface area contributed by atoms with Gasteiger partial charge in [-0.2, -0.15) is 0 Å². The van der Waals surface area contributed by atoms with Crippen LogP contribution in [0.3, 0.4) is 0 Å². The Hall–Kier alpha value is -1.38. The lowest BCUT2D eigenvalue weighted by Crippen LogP contribution is -2.16. The van der Waals surface area contributed by atoms with Crippen molar-refractivity contribution in [3.63, 3.8) is 0 Å². The van der Waals surface area contributed by atoms with E-state index in [1.807, 2.05) is 32.0 Å². The number of halogens is 2. The summed E-state index contributed by atoms with van der Waals surface area (Å²) in [5.74, 6) is -0.341. The third-order valence-corrected chi connectivity index (χ3v) is 3.67. The summed E-state index contributed by atoms with van der Waals surface area (Å²) in [4.78, 5) is 0. The van der Waals surface area contributed by atoms with Gasteiger partial charge in [0.15, 0.2) is 0 Å². The van der Waals surface area contributed by atoms with Crippen LogP contribution in [0.2, 0.25) is 5.02 Å². The average molecular weight is 278 g/mol. The standard InChI is InChI=1S/C16H17ClFN/c1-10-4-3-5-11(2)14(10)9-16(19)13-7-6-12(17)8-15(13)18/h3-8,16H,9,19H2,1-2H3. The zero-order chi connectivity index (χ0) is 14.0. The van der Waals surface area contributed by atoms with Crippen LogP contribution in [0.15, 0.2) is 36.4 Å². The Bertz CT molecular complexity index is 575. The zero-order valence-corrected chi connectivity index (χ0v) is 11.8. The van der Waals surface area contributed by atoms with Crippen molar-refractivity contribution in [2.75, 3.05) is 0 Å². The second-order valence-corrected chi connectivity index (χ2v) is 5.28. The highest BCUT2D eigenvalue weighted by molar-refractivity contribution is 6.30. The Morgan fingerprint density at radius 1 is 1.16 bits per heavy atom. The highest BCUT2D eigenvalue weighted by Crippen LogP contribution is 2.24. The van der Waals surface area contributed by atoms with Crippen LogP contribution in [-0.2, 0) is 6.42 Å². The van der Waals surface area contributed by atoms with Crippen molar-refractivity contribution >= 4 is 11.6 Å². The molecule has 0 aromatic heterocycles. The van der Waals surface area contributed by atoms with E-state index in [4.69, 9.17) is 17.3 Å². The Kier molecular flexibility index (Phi) is 4.23. The Morgan fingerprint density at radius 3 is 2.37 bits per heavy atom. The van der Waals surface area contributed by atoms with Crippen LogP contribution < -0.4 is 5.73 Å². The zero-order valence-electron chi connectivity index (χ0n) is 11.1. The number of hydrogen-bond donors (Lipinski definition) is 1. The molecule has 1 nitrogen and oxygen atoms in total. The maximum Gasteiger partial charge on any atom is 0.129 e. The van der Waals surface area contributed by atoms with Crippen LogP contribution in [0.5, 0.6) is 0 Å². The number of hydrogen-bond acceptors (Lipinski definition) is 1. The first-order chi connectivity index (χ1) is 8.99. The summed E-state index contributed by atoms with van der Waals surface area (Å²) in [6.45, 7) is 4.10. The Balaban J connectivity index is 2.28. The first-order valence-corrected chi connectivity index (χ1v) is 6.62. The Labute approximate surface area is 118 Å². The van der Waals surface area contributed by atoms with Gasteiger partial charge in [0.05, 0.1) is 0 Å². The SMILES string of the molecule is Cc1cccc(C)c1CC(N)c1ccc(Cl)cc1F. The lowest BCUT2D eigenvalue weighted by Gasteiger charge is -2.16. The molecule has 0 aliphatic heterocycles. The molecule has 0 radical (unpaired) electrons. The van der Waals surface area contributed by atoms with Crippen molar-refractivity contribution in [3.8, 4) is 0 Å². The first-order valence-electron chi connectivity index (χ1n) is 6.24. The maximum absolute atomic E-state index is 13.8. The van der Waals surface area contributed by atoms with E-state index in [0.29, 0.717) is 17.0 Å². The fourth-order valence-electron chi connectivity index (χ4n) is 2.30. The van der Waals surface area contributed by atoms with Crippen LogP contribution in [0.25, 0.3) is 0 Å². The predicted molar refractivity (Wildman–Crippen MR) is 78.0 cm³/mol. The molecule has 1 unspecified atom stereocenters. The molecule has 0 fully saturated rings. The fourth-order valence-corrected chi connectivity index (χ4v) is 2.46. The van der Waals surface area contributed by atoms with Gasteiger partial charge in [0.1, 0.15) is 5.82 Å². The summed E-state index contributed by atoms with van der Waals surface area (Å²) < 4.78 is 13.8. The Morgan fingerprint density at radius 2 is 1.79 bits per heavy atom. The molecule has 2 aromatic rings. The summed E-state index contributed by atoms with van der Waals surface area (Å²) in [6.07, 6.45) is 0.622. The summed E-state index contributed by atoms with van der Waals surface area (Å²) in [7, 11) is 0. The van der Waals surface area contributed by atoms with Gasteiger partial charge < -0.3 is 5.73 Å². The van der Waals surface area contributed by atoms with Gasteiger partial charge in [0, 0.05) is 16.6 Å². The molecule has 0 aliphatic rings. The van der Waals surface area contributed by atoms with E-state index in [2.05, 4.69) is 0 Å². The second kappa shape index (κ2) is 5.72. The van der Waals surface area contributed by atoms with Crippen molar-refractivity contribution in [1.29, 1.82) is 0 Å². The molecule has 0 spiro atoms. The third-order valence-electron chi connectivity index (χ3n) is 3.43. The summed E-state index contributed by atoms with van der Waals surface area (Å²) in [5, 5.41) is 0.389. The van der Waals surface area contributed by atoms with Crippen LogP contribution in [0.1, 0.15) is 28.3 Å². The molecule has 2 aromatic carbocycles. The molecule has 0 saturated carbocycles. The largest absolute Gasteiger partial charge is 0.324 e. The number of aryl methyl sites for hydroxylation is 2. The minimum absolute atomic E-state index is 0.341. The fraction of sp³-hybridized carbons (Fsp3) is 0.250. The lowest BCUT2D eigenvalue weighted by molar-refractivity contribution is 0.579. The van der Waals surface area contributed by atoms with Gasteiger partial charge in [-0.25, -0.2) is 4.39 Å². The van der Waals surface area contributed by atoms with Crippen molar-refractivity contribution in [3.05, 3.63) is 69.5 Å². The average Bonchev–Trinajstić information content (AvgIpc) is 2.33. The van der Waals surface area contributed by atoms with Gasteiger partial charge in [0.2, 0.25) is 0 Å². The molecule has 3 heteroatoms. The molecule has 0 saturated heterocycles. The number of nitrogens with two attached hydrogens (primary N) is 1. The summed E-state index contributed by atoms with van der Waals surface area (Å²) in [6, 6.07) is 10.4. The maximum atomic E-state index is 13.8. The summed E-state index contributed by atoms with van der Waals surface area (Å²) >= 11 is 5.75. The third kappa shape index (κ3) is 3.14. The molecule has 1 atom stereocenters. The molecular formula is C16H17ClFN. The van der Waals surface area contributed by atoms with Gasteiger partial charge in [-0.15, -0.1) is 0 Å². The van der Waals surface area contributed by atoms with E-state index >= 15 is 0 Å². The lowest BCUT2D eigenvalue weighted by atomic mass is 9.93. The van der Waals surface area contributed by atoms with Gasteiger partial charge in [-0.1, -0.05) is 35.9 Å².